The van der Waals surface area contributed by atoms with E-state index < -0.39 is 6.41 Å². The second-order valence-electron chi connectivity index (χ2n) is 4.22. The molecule has 0 aromatic carbocycles. The van der Waals surface area contributed by atoms with Crippen molar-refractivity contribution in [1.29, 1.82) is 0 Å². The molecular formula is C11H19NO3. The minimum Gasteiger partial charge on any atom is -0.356 e. The van der Waals surface area contributed by atoms with Gasteiger partial charge in [0.2, 0.25) is 6.41 Å². The number of nitrogens with one attached hydrogen (secondary N) is 1. The van der Waals surface area contributed by atoms with Gasteiger partial charge in [-0.3, -0.25) is 10.1 Å². The summed E-state index contributed by atoms with van der Waals surface area (Å²) in [5, 5.41) is 12.5. The fourth-order valence-electron chi connectivity index (χ4n) is 1.72. The summed E-state index contributed by atoms with van der Waals surface area (Å²) >= 11 is 0. The monoisotopic (exact) mass is 213 g/mol. The number of Topliss-reactive ketones (excluding diaryl/α,β-unsaturated/α-hetero) is 1. The molecule has 0 radical (unpaired) electrons. The fourth-order valence-corrected chi connectivity index (χ4v) is 1.72. The molecule has 1 fully saturated rings. The Morgan fingerprint density at radius 1 is 1.67 bits per heavy atom. The van der Waals surface area contributed by atoms with Crippen LogP contribution < -0.4 is 5.32 Å². The first-order valence-corrected chi connectivity index (χ1v) is 5.26. The van der Waals surface area contributed by atoms with Crippen LogP contribution in [0.3, 0.4) is 0 Å². The quantitative estimate of drug-likeness (QED) is 0.527. The Labute approximate surface area is 90.3 Å². The molecule has 0 aromatic rings. The molecule has 2 N–H and O–H groups in total. The molecule has 1 aliphatic rings. The zero-order chi connectivity index (χ0) is 11.3. The van der Waals surface area contributed by atoms with E-state index in [1.54, 1.807) is 6.08 Å². The Morgan fingerprint density at radius 3 is 2.80 bits per heavy atom. The first-order valence-electron chi connectivity index (χ1n) is 5.26. The van der Waals surface area contributed by atoms with Gasteiger partial charge in [0.15, 0.2) is 0 Å². The van der Waals surface area contributed by atoms with E-state index in [1.165, 1.54) is 0 Å². The van der Waals surface area contributed by atoms with Crippen LogP contribution in [-0.2, 0) is 9.53 Å². The van der Waals surface area contributed by atoms with Gasteiger partial charge in [-0.25, -0.2) is 0 Å². The summed E-state index contributed by atoms with van der Waals surface area (Å²) in [7, 11) is 0. The molecule has 0 heterocycles. The van der Waals surface area contributed by atoms with E-state index in [1.807, 2.05) is 6.92 Å². The average molecular weight is 213 g/mol. The number of aliphatic hydroxyl groups excluding tert-OH is 1. The minimum absolute atomic E-state index is 0.200. The standard InChI is InChI=1S/C11H19NO3/c1-3-8-15-10(14)12-11(2)6-4-9(13)5-7-11/h3,10,12,14H,1,4-8H2,2H3. The van der Waals surface area contributed by atoms with Crippen molar-refractivity contribution >= 4 is 5.78 Å². The van der Waals surface area contributed by atoms with Crippen LogP contribution >= 0.6 is 0 Å². The zero-order valence-corrected chi connectivity index (χ0v) is 9.16. The van der Waals surface area contributed by atoms with Gasteiger partial charge in [-0.2, -0.15) is 0 Å². The molecule has 0 bridgehead atoms. The Hall–Kier alpha value is -0.710. The third-order valence-corrected chi connectivity index (χ3v) is 2.76. The Morgan fingerprint density at radius 2 is 2.27 bits per heavy atom. The van der Waals surface area contributed by atoms with Gasteiger partial charge in [0.1, 0.15) is 5.78 Å². The summed E-state index contributed by atoms with van der Waals surface area (Å²) < 4.78 is 5.03. The highest BCUT2D eigenvalue weighted by molar-refractivity contribution is 5.79. The van der Waals surface area contributed by atoms with E-state index in [4.69, 9.17) is 4.74 Å². The predicted octanol–water partition coefficient (Wildman–Crippen LogP) is 0.956. The first kappa shape index (κ1) is 12.4. The summed E-state index contributed by atoms with van der Waals surface area (Å²) in [6, 6.07) is 0. The first-order chi connectivity index (χ1) is 7.06. The van der Waals surface area contributed by atoms with E-state index in [0.29, 0.717) is 25.2 Å². The van der Waals surface area contributed by atoms with E-state index in [9.17, 15) is 9.90 Å². The molecule has 1 aliphatic carbocycles. The second kappa shape index (κ2) is 5.39. The van der Waals surface area contributed by atoms with Crippen LogP contribution in [0.25, 0.3) is 0 Å². The van der Waals surface area contributed by atoms with Crippen molar-refractivity contribution in [2.75, 3.05) is 6.61 Å². The lowest BCUT2D eigenvalue weighted by molar-refractivity contribution is -0.135. The molecule has 1 saturated carbocycles. The lowest BCUT2D eigenvalue weighted by Gasteiger charge is -2.35. The van der Waals surface area contributed by atoms with Crippen molar-refractivity contribution in [2.45, 2.75) is 44.6 Å². The number of hydrogen-bond acceptors (Lipinski definition) is 4. The Kier molecular flexibility index (Phi) is 4.45. The fraction of sp³-hybridized carbons (Fsp3) is 0.727. The van der Waals surface area contributed by atoms with Crippen molar-refractivity contribution in [3.63, 3.8) is 0 Å². The maximum Gasteiger partial charge on any atom is 0.214 e. The molecule has 0 amide bonds. The molecule has 86 valence electrons. The molecule has 1 atom stereocenters. The molecule has 0 spiro atoms. The van der Waals surface area contributed by atoms with Gasteiger partial charge in [0.05, 0.1) is 6.61 Å². The number of rotatable bonds is 5. The van der Waals surface area contributed by atoms with E-state index in [-0.39, 0.29) is 5.54 Å². The van der Waals surface area contributed by atoms with Crippen LogP contribution in [0.1, 0.15) is 32.6 Å². The molecule has 0 aromatic heterocycles. The van der Waals surface area contributed by atoms with E-state index in [0.717, 1.165) is 12.8 Å². The van der Waals surface area contributed by atoms with Crippen LogP contribution in [-0.4, -0.2) is 29.4 Å². The van der Waals surface area contributed by atoms with E-state index in [2.05, 4.69) is 11.9 Å². The van der Waals surface area contributed by atoms with Gasteiger partial charge in [-0.15, -0.1) is 6.58 Å². The highest BCUT2D eigenvalue weighted by Gasteiger charge is 2.31. The van der Waals surface area contributed by atoms with E-state index >= 15 is 0 Å². The summed E-state index contributed by atoms with van der Waals surface area (Å²) in [5.74, 6) is 0.302. The van der Waals surface area contributed by atoms with Crippen molar-refractivity contribution < 1.29 is 14.6 Å². The Bertz CT molecular complexity index is 230. The van der Waals surface area contributed by atoms with Gasteiger partial charge in [0.25, 0.3) is 0 Å². The Balaban J connectivity index is 2.35. The summed E-state index contributed by atoms with van der Waals surface area (Å²) in [5.41, 5.74) is -0.200. The third-order valence-electron chi connectivity index (χ3n) is 2.76. The second-order valence-corrected chi connectivity index (χ2v) is 4.22. The molecule has 1 unspecified atom stereocenters. The molecule has 0 saturated heterocycles. The van der Waals surface area contributed by atoms with Gasteiger partial charge in [0, 0.05) is 18.4 Å². The van der Waals surface area contributed by atoms with Crippen LogP contribution in [0.5, 0.6) is 0 Å². The largest absolute Gasteiger partial charge is 0.356 e. The highest BCUT2D eigenvalue weighted by atomic mass is 16.6. The summed E-state index contributed by atoms with van der Waals surface area (Å²) in [6.45, 7) is 5.81. The maximum absolute atomic E-state index is 11.1. The number of hydrogen-bond donors (Lipinski definition) is 2. The lowest BCUT2D eigenvalue weighted by Crippen LogP contribution is -2.51. The summed E-state index contributed by atoms with van der Waals surface area (Å²) in [6.07, 6.45) is 3.26. The predicted molar refractivity (Wildman–Crippen MR) is 57.2 cm³/mol. The topological polar surface area (TPSA) is 58.6 Å². The van der Waals surface area contributed by atoms with Crippen LogP contribution in [0.2, 0.25) is 0 Å². The van der Waals surface area contributed by atoms with Crippen molar-refractivity contribution in [2.24, 2.45) is 0 Å². The number of ketones is 1. The van der Waals surface area contributed by atoms with Crippen molar-refractivity contribution in [3.8, 4) is 0 Å². The molecule has 0 aliphatic heterocycles. The zero-order valence-electron chi connectivity index (χ0n) is 9.16. The van der Waals surface area contributed by atoms with Gasteiger partial charge in [-0.05, 0) is 19.8 Å². The normalized spacial score (nSPS) is 22.4. The smallest absolute Gasteiger partial charge is 0.214 e. The summed E-state index contributed by atoms with van der Waals surface area (Å²) in [4.78, 5) is 11.1. The van der Waals surface area contributed by atoms with Crippen molar-refractivity contribution in [1.82, 2.24) is 5.32 Å². The number of carbonyl (C=O) groups is 1. The molecule has 15 heavy (non-hydrogen) atoms. The minimum atomic E-state index is -0.985. The molecule has 4 nitrogen and oxygen atoms in total. The highest BCUT2D eigenvalue weighted by Crippen LogP contribution is 2.25. The number of aliphatic hydroxyl groups is 1. The van der Waals surface area contributed by atoms with Crippen LogP contribution in [0.4, 0.5) is 0 Å². The van der Waals surface area contributed by atoms with Gasteiger partial charge >= 0.3 is 0 Å². The van der Waals surface area contributed by atoms with Crippen LogP contribution in [0, 0.1) is 0 Å². The average Bonchev–Trinajstić information content (AvgIpc) is 2.20. The third kappa shape index (κ3) is 4.11. The SMILES string of the molecule is C=CCOC(O)NC1(C)CCC(=O)CC1. The van der Waals surface area contributed by atoms with Crippen LogP contribution in [0.15, 0.2) is 12.7 Å². The molecule has 1 rings (SSSR count). The molecular weight excluding hydrogens is 194 g/mol. The van der Waals surface area contributed by atoms with Gasteiger partial charge < -0.3 is 9.84 Å². The lowest BCUT2D eigenvalue weighted by atomic mass is 9.83. The molecule has 4 heteroatoms. The number of ether oxygens (including phenoxy) is 1. The maximum atomic E-state index is 11.1. The van der Waals surface area contributed by atoms with Crippen molar-refractivity contribution in [3.05, 3.63) is 12.7 Å². The number of carbonyl (C=O) groups excluding carboxylic acids is 1. The van der Waals surface area contributed by atoms with Gasteiger partial charge in [-0.1, -0.05) is 6.08 Å².